The van der Waals surface area contributed by atoms with Crippen LogP contribution in [-0.2, 0) is 19.4 Å². The number of hydrogen-bond acceptors (Lipinski definition) is 4. The van der Waals surface area contributed by atoms with Crippen LogP contribution in [0.4, 0.5) is 5.95 Å². The molecule has 0 radical (unpaired) electrons. The van der Waals surface area contributed by atoms with E-state index in [9.17, 15) is 0 Å². The van der Waals surface area contributed by atoms with Gasteiger partial charge in [0.2, 0.25) is 5.95 Å². The number of hydrogen-bond donors (Lipinski definition) is 0. The average Bonchev–Trinajstić information content (AvgIpc) is 3.15. The zero-order chi connectivity index (χ0) is 15.5. The van der Waals surface area contributed by atoms with E-state index in [-0.39, 0.29) is 0 Å². The van der Waals surface area contributed by atoms with Crippen LogP contribution >= 0.6 is 0 Å². The molecule has 3 heterocycles. The molecule has 2 aromatic rings. The molecule has 4 rings (SSSR count). The first kappa shape index (κ1) is 14.6. The van der Waals surface area contributed by atoms with Crippen molar-refractivity contribution in [3.05, 3.63) is 53.3 Å². The molecule has 2 aliphatic rings. The Hall–Kier alpha value is -1.94. The molecule has 1 aromatic carbocycles. The van der Waals surface area contributed by atoms with Gasteiger partial charge in [0.25, 0.3) is 0 Å². The minimum atomic E-state index is 0.944. The quantitative estimate of drug-likeness (QED) is 0.869. The molecule has 0 N–H and O–H groups in total. The number of fused-ring (bicyclic) bond motifs is 1. The zero-order valence-corrected chi connectivity index (χ0v) is 13.6. The van der Waals surface area contributed by atoms with Crippen molar-refractivity contribution in [2.75, 3.05) is 31.1 Å². The Labute approximate surface area is 138 Å². The Balaban J connectivity index is 1.39. The predicted molar refractivity (Wildman–Crippen MR) is 92.6 cm³/mol. The number of anilines is 1. The summed E-state index contributed by atoms with van der Waals surface area (Å²) in [6.45, 7) is 5.43. The lowest BCUT2D eigenvalue weighted by molar-refractivity contribution is 0.254. The summed E-state index contributed by atoms with van der Waals surface area (Å²) in [5, 5.41) is 0. The molecular formula is C19H24N4. The van der Waals surface area contributed by atoms with Gasteiger partial charge in [0.1, 0.15) is 0 Å². The first-order chi connectivity index (χ1) is 11.4. The fraction of sp³-hybridized carbons (Fsp3) is 0.474. The minimum absolute atomic E-state index is 0.944. The van der Waals surface area contributed by atoms with E-state index in [1.165, 1.54) is 29.7 Å². The van der Waals surface area contributed by atoms with Gasteiger partial charge in [-0.2, -0.15) is 0 Å². The largest absolute Gasteiger partial charge is 0.341 e. The molecule has 23 heavy (non-hydrogen) atoms. The molecular weight excluding hydrogens is 284 g/mol. The minimum Gasteiger partial charge on any atom is -0.341 e. The molecule has 4 nitrogen and oxygen atoms in total. The highest BCUT2D eigenvalue weighted by Gasteiger charge is 2.21. The standard InChI is InChI=1S/C19H24N4/c1-2-6-16(7-3-1)8-12-22-13-9-18-17(15-22)14-20-19(21-18)23-10-4-5-11-23/h1-3,6-7,14H,4-5,8-13,15H2. The average molecular weight is 308 g/mol. The monoisotopic (exact) mass is 308 g/mol. The Bertz CT molecular complexity index is 650. The van der Waals surface area contributed by atoms with Gasteiger partial charge in [-0.3, -0.25) is 4.90 Å². The van der Waals surface area contributed by atoms with E-state index in [1.54, 1.807) is 0 Å². The fourth-order valence-corrected chi connectivity index (χ4v) is 3.56. The maximum atomic E-state index is 4.84. The molecule has 0 bridgehead atoms. The van der Waals surface area contributed by atoms with Crippen molar-refractivity contribution in [3.8, 4) is 0 Å². The van der Waals surface area contributed by atoms with Crippen molar-refractivity contribution in [1.82, 2.24) is 14.9 Å². The maximum Gasteiger partial charge on any atom is 0.225 e. The Morgan fingerprint density at radius 3 is 2.65 bits per heavy atom. The molecule has 1 aromatic heterocycles. The van der Waals surface area contributed by atoms with E-state index in [4.69, 9.17) is 4.98 Å². The summed E-state index contributed by atoms with van der Waals surface area (Å²) < 4.78 is 0. The highest BCUT2D eigenvalue weighted by molar-refractivity contribution is 5.35. The van der Waals surface area contributed by atoms with Gasteiger partial charge < -0.3 is 4.90 Å². The third kappa shape index (κ3) is 3.37. The van der Waals surface area contributed by atoms with Crippen molar-refractivity contribution in [1.29, 1.82) is 0 Å². The van der Waals surface area contributed by atoms with E-state index in [0.29, 0.717) is 0 Å². The summed E-state index contributed by atoms with van der Waals surface area (Å²) in [6.07, 6.45) is 6.77. The molecule has 0 spiro atoms. The third-order valence-corrected chi connectivity index (χ3v) is 4.95. The molecule has 120 valence electrons. The van der Waals surface area contributed by atoms with Crippen LogP contribution in [0.3, 0.4) is 0 Å². The van der Waals surface area contributed by atoms with E-state index in [1.807, 2.05) is 0 Å². The maximum absolute atomic E-state index is 4.84. The van der Waals surface area contributed by atoms with Crippen LogP contribution in [0.25, 0.3) is 0 Å². The van der Waals surface area contributed by atoms with Gasteiger partial charge in [-0.15, -0.1) is 0 Å². The van der Waals surface area contributed by atoms with E-state index in [0.717, 1.165) is 51.5 Å². The summed E-state index contributed by atoms with van der Waals surface area (Å²) in [5.41, 5.74) is 3.99. The highest BCUT2D eigenvalue weighted by atomic mass is 15.3. The molecule has 2 aliphatic heterocycles. The van der Waals surface area contributed by atoms with Crippen molar-refractivity contribution in [3.63, 3.8) is 0 Å². The van der Waals surface area contributed by atoms with Crippen LogP contribution in [0.15, 0.2) is 36.5 Å². The summed E-state index contributed by atoms with van der Waals surface area (Å²) >= 11 is 0. The smallest absolute Gasteiger partial charge is 0.225 e. The van der Waals surface area contributed by atoms with Crippen LogP contribution in [0.1, 0.15) is 29.7 Å². The highest BCUT2D eigenvalue weighted by Crippen LogP contribution is 2.21. The van der Waals surface area contributed by atoms with Crippen LogP contribution in [-0.4, -0.2) is 41.0 Å². The molecule has 0 atom stereocenters. The topological polar surface area (TPSA) is 32.3 Å². The van der Waals surface area contributed by atoms with Gasteiger partial charge in [-0.1, -0.05) is 30.3 Å². The number of aromatic nitrogens is 2. The van der Waals surface area contributed by atoms with Gasteiger partial charge in [-0.25, -0.2) is 9.97 Å². The number of benzene rings is 1. The summed E-state index contributed by atoms with van der Waals surface area (Å²) in [7, 11) is 0. The van der Waals surface area contributed by atoms with E-state index in [2.05, 4.69) is 51.3 Å². The second-order valence-corrected chi connectivity index (χ2v) is 6.60. The van der Waals surface area contributed by atoms with E-state index >= 15 is 0 Å². The molecule has 0 aliphatic carbocycles. The van der Waals surface area contributed by atoms with Crippen molar-refractivity contribution < 1.29 is 0 Å². The molecule has 0 saturated carbocycles. The second-order valence-electron chi connectivity index (χ2n) is 6.60. The van der Waals surface area contributed by atoms with Crippen LogP contribution in [0, 0.1) is 0 Å². The van der Waals surface area contributed by atoms with Crippen LogP contribution < -0.4 is 4.90 Å². The van der Waals surface area contributed by atoms with Gasteiger partial charge in [0, 0.05) is 50.9 Å². The Morgan fingerprint density at radius 1 is 1.00 bits per heavy atom. The lowest BCUT2D eigenvalue weighted by Crippen LogP contribution is -2.33. The molecule has 0 unspecified atom stereocenters. The first-order valence-electron chi connectivity index (χ1n) is 8.74. The van der Waals surface area contributed by atoms with Gasteiger partial charge in [0.15, 0.2) is 0 Å². The van der Waals surface area contributed by atoms with Gasteiger partial charge in [-0.05, 0) is 24.8 Å². The zero-order valence-electron chi connectivity index (χ0n) is 13.6. The SMILES string of the molecule is c1ccc(CCN2CCc3nc(N4CCCC4)ncc3C2)cc1. The summed E-state index contributed by atoms with van der Waals surface area (Å²) in [4.78, 5) is 14.3. The van der Waals surface area contributed by atoms with Crippen LogP contribution in [0.2, 0.25) is 0 Å². The molecule has 4 heteroatoms. The Morgan fingerprint density at radius 2 is 1.83 bits per heavy atom. The van der Waals surface area contributed by atoms with Crippen molar-refractivity contribution >= 4 is 5.95 Å². The van der Waals surface area contributed by atoms with Gasteiger partial charge >= 0.3 is 0 Å². The van der Waals surface area contributed by atoms with Crippen molar-refractivity contribution in [2.24, 2.45) is 0 Å². The summed E-state index contributed by atoms with van der Waals surface area (Å²) in [5.74, 6) is 0.944. The second kappa shape index (κ2) is 6.67. The van der Waals surface area contributed by atoms with E-state index < -0.39 is 0 Å². The third-order valence-electron chi connectivity index (χ3n) is 4.95. The lowest BCUT2D eigenvalue weighted by atomic mass is 10.1. The number of nitrogens with zero attached hydrogens (tertiary/aromatic N) is 4. The van der Waals surface area contributed by atoms with Gasteiger partial charge in [0.05, 0.1) is 5.69 Å². The van der Waals surface area contributed by atoms with Crippen LogP contribution in [0.5, 0.6) is 0 Å². The normalized spacial score (nSPS) is 18.2. The fourth-order valence-electron chi connectivity index (χ4n) is 3.56. The Kier molecular flexibility index (Phi) is 4.24. The number of rotatable bonds is 4. The lowest BCUT2D eigenvalue weighted by Gasteiger charge is -2.28. The van der Waals surface area contributed by atoms with Crippen molar-refractivity contribution in [2.45, 2.75) is 32.2 Å². The molecule has 0 amide bonds. The molecule has 1 fully saturated rings. The first-order valence-corrected chi connectivity index (χ1v) is 8.74. The summed E-state index contributed by atoms with van der Waals surface area (Å²) in [6, 6.07) is 10.7. The molecule has 1 saturated heterocycles. The predicted octanol–water partition coefficient (Wildman–Crippen LogP) is 2.68.